The Kier molecular flexibility index (Phi) is 5.26. The number of amides is 1. The Morgan fingerprint density at radius 3 is 2.50 bits per heavy atom. The Bertz CT molecular complexity index is 417. The molecule has 0 aliphatic rings. The Morgan fingerprint density at radius 2 is 2.00 bits per heavy atom. The predicted octanol–water partition coefficient (Wildman–Crippen LogP) is 1.70. The summed E-state index contributed by atoms with van der Waals surface area (Å²) in [6.45, 7) is 1.18. The van der Waals surface area contributed by atoms with Crippen LogP contribution in [0.4, 0.5) is 5.69 Å². The summed E-state index contributed by atoms with van der Waals surface area (Å²) >= 11 is 0. The van der Waals surface area contributed by atoms with Crippen LogP contribution < -0.4 is 0 Å². The molecular weight excluding hydrogens is 236 g/mol. The lowest BCUT2D eigenvalue weighted by atomic mass is 10.2. The zero-order valence-electron chi connectivity index (χ0n) is 10.5. The van der Waals surface area contributed by atoms with Crippen molar-refractivity contribution in [2.45, 2.75) is 6.42 Å². The van der Waals surface area contributed by atoms with Crippen molar-refractivity contribution in [1.82, 2.24) is 4.90 Å². The third kappa shape index (κ3) is 3.81. The van der Waals surface area contributed by atoms with Gasteiger partial charge in [-0.2, -0.15) is 0 Å². The van der Waals surface area contributed by atoms with E-state index in [0.29, 0.717) is 18.7 Å². The smallest absolute Gasteiger partial charge is 0.269 e. The number of hydrogen-bond donors (Lipinski definition) is 0. The highest BCUT2D eigenvalue weighted by molar-refractivity contribution is 5.94. The third-order valence-electron chi connectivity index (χ3n) is 2.51. The van der Waals surface area contributed by atoms with Gasteiger partial charge in [0.05, 0.1) is 4.92 Å². The van der Waals surface area contributed by atoms with Gasteiger partial charge in [0.15, 0.2) is 0 Å². The monoisotopic (exact) mass is 252 g/mol. The molecule has 1 amide bonds. The van der Waals surface area contributed by atoms with Crippen LogP contribution in [-0.4, -0.2) is 43.0 Å². The van der Waals surface area contributed by atoms with Gasteiger partial charge in [-0.1, -0.05) is 0 Å². The summed E-state index contributed by atoms with van der Waals surface area (Å²) in [6.07, 6.45) is 0.756. The van der Waals surface area contributed by atoms with Gasteiger partial charge in [-0.15, -0.1) is 0 Å². The molecule has 0 saturated carbocycles. The number of nitro benzene ring substituents is 1. The fourth-order valence-electron chi connectivity index (χ4n) is 1.49. The van der Waals surface area contributed by atoms with Crippen LogP contribution in [0.1, 0.15) is 16.8 Å². The quantitative estimate of drug-likeness (QED) is 0.439. The fraction of sp³-hybridized carbons (Fsp3) is 0.417. The molecule has 0 aliphatic heterocycles. The van der Waals surface area contributed by atoms with Crippen molar-refractivity contribution >= 4 is 11.6 Å². The number of benzene rings is 1. The summed E-state index contributed by atoms with van der Waals surface area (Å²) in [7, 11) is 3.30. The standard InChI is InChI=1S/C12H16N2O4/c1-13(8-3-9-18-2)12(15)10-4-6-11(7-5-10)14(16)17/h4-7H,3,8-9H2,1-2H3. The minimum atomic E-state index is -0.490. The summed E-state index contributed by atoms with van der Waals surface area (Å²) < 4.78 is 4.91. The topological polar surface area (TPSA) is 72.7 Å². The Balaban J connectivity index is 2.63. The molecule has 0 spiro atoms. The Labute approximate surface area is 105 Å². The summed E-state index contributed by atoms with van der Waals surface area (Å²) in [5.41, 5.74) is 0.425. The second-order valence-corrected chi connectivity index (χ2v) is 3.88. The van der Waals surface area contributed by atoms with Gasteiger partial charge in [0, 0.05) is 45.0 Å². The molecule has 0 aliphatic carbocycles. The van der Waals surface area contributed by atoms with Crippen molar-refractivity contribution < 1.29 is 14.5 Å². The first kappa shape index (κ1) is 14.1. The van der Waals surface area contributed by atoms with Gasteiger partial charge in [0.2, 0.25) is 0 Å². The molecule has 1 rings (SSSR count). The first-order valence-electron chi connectivity index (χ1n) is 5.55. The van der Waals surface area contributed by atoms with Crippen LogP contribution in [0, 0.1) is 10.1 Å². The maximum Gasteiger partial charge on any atom is 0.269 e. The van der Waals surface area contributed by atoms with Crippen molar-refractivity contribution in [3.8, 4) is 0 Å². The number of carbonyl (C=O) groups excluding carboxylic acids is 1. The highest BCUT2D eigenvalue weighted by Gasteiger charge is 2.13. The third-order valence-corrected chi connectivity index (χ3v) is 2.51. The molecule has 6 heteroatoms. The van der Waals surface area contributed by atoms with E-state index in [1.807, 2.05) is 0 Å². The minimum absolute atomic E-state index is 0.0198. The molecule has 98 valence electrons. The maximum atomic E-state index is 11.9. The molecule has 1 aromatic carbocycles. The highest BCUT2D eigenvalue weighted by atomic mass is 16.6. The van der Waals surface area contributed by atoms with Gasteiger partial charge in [0.25, 0.3) is 11.6 Å². The first-order chi connectivity index (χ1) is 8.56. The minimum Gasteiger partial charge on any atom is -0.385 e. The number of non-ortho nitro benzene ring substituents is 1. The van der Waals surface area contributed by atoms with Crippen molar-refractivity contribution in [1.29, 1.82) is 0 Å². The largest absolute Gasteiger partial charge is 0.385 e. The molecule has 0 saturated heterocycles. The molecular formula is C12H16N2O4. The van der Waals surface area contributed by atoms with Gasteiger partial charge in [0.1, 0.15) is 0 Å². The SMILES string of the molecule is COCCCN(C)C(=O)c1ccc([N+](=O)[O-])cc1. The van der Waals surface area contributed by atoms with E-state index in [0.717, 1.165) is 6.42 Å². The number of rotatable bonds is 6. The molecule has 0 atom stereocenters. The number of ether oxygens (including phenoxy) is 1. The molecule has 0 N–H and O–H groups in total. The zero-order chi connectivity index (χ0) is 13.5. The number of methoxy groups -OCH3 is 1. The average molecular weight is 252 g/mol. The summed E-state index contributed by atoms with van der Waals surface area (Å²) in [6, 6.07) is 5.59. The van der Waals surface area contributed by atoms with E-state index in [1.165, 1.54) is 24.3 Å². The van der Waals surface area contributed by atoms with Crippen molar-refractivity contribution in [2.75, 3.05) is 27.3 Å². The van der Waals surface area contributed by atoms with Crippen LogP contribution in [0.3, 0.4) is 0 Å². The fourth-order valence-corrected chi connectivity index (χ4v) is 1.49. The maximum absolute atomic E-state index is 11.9. The van der Waals surface area contributed by atoms with E-state index in [2.05, 4.69) is 0 Å². The van der Waals surface area contributed by atoms with E-state index in [4.69, 9.17) is 4.74 Å². The second-order valence-electron chi connectivity index (χ2n) is 3.88. The van der Waals surface area contributed by atoms with Crippen LogP contribution in [0.2, 0.25) is 0 Å². The van der Waals surface area contributed by atoms with Crippen LogP contribution >= 0.6 is 0 Å². The van der Waals surface area contributed by atoms with E-state index in [9.17, 15) is 14.9 Å². The van der Waals surface area contributed by atoms with Crippen molar-refractivity contribution in [2.24, 2.45) is 0 Å². The molecule has 0 unspecified atom stereocenters. The summed E-state index contributed by atoms with van der Waals surface area (Å²) in [5, 5.41) is 10.5. The van der Waals surface area contributed by atoms with Crippen molar-refractivity contribution in [3.63, 3.8) is 0 Å². The lowest BCUT2D eigenvalue weighted by Crippen LogP contribution is -2.28. The second kappa shape index (κ2) is 6.70. The molecule has 0 radical (unpaired) electrons. The number of hydrogen-bond acceptors (Lipinski definition) is 4. The van der Waals surface area contributed by atoms with E-state index in [-0.39, 0.29) is 11.6 Å². The van der Waals surface area contributed by atoms with E-state index >= 15 is 0 Å². The zero-order valence-corrected chi connectivity index (χ0v) is 10.5. The lowest BCUT2D eigenvalue weighted by molar-refractivity contribution is -0.384. The van der Waals surface area contributed by atoms with Crippen LogP contribution in [0.15, 0.2) is 24.3 Å². The average Bonchev–Trinajstić information content (AvgIpc) is 2.38. The molecule has 6 nitrogen and oxygen atoms in total. The van der Waals surface area contributed by atoms with E-state index < -0.39 is 4.92 Å². The molecule has 0 aromatic heterocycles. The van der Waals surface area contributed by atoms with Crippen LogP contribution in [0.5, 0.6) is 0 Å². The van der Waals surface area contributed by atoms with Crippen molar-refractivity contribution in [3.05, 3.63) is 39.9 Å². The molecule has 18 heavy (non-hydrogen) atoms. The Hall–Kier alpha value is -1.95. The van der Waals surface area contributed by atoms with Crippen LogP contribution in [0.25, 0.3) is 0 Å². The molecule has 0 heterocycles. The molecule has 0 fully saturated rings. The van der Waals surface area contributed by atoms with Crippen LogP contribution in [-0.2, 0) is 4.74 Å². The molecule has 1 aromatic rings. The first-order valence-corrected chi connectivity index (χ1v) is 5.55. The Morgan fingerprint density at radius 1 is 1.39 bits per heavy atom. The number of nitro groups is 1. The molecule has 0 bridgehead atoms. The lowest BCUT2D eigenvalue weighted by Gasteiger charge is -2.16. The normalized spacial score (nSPS) is 10.1. The van der Waals surface area contributed by atoms with Gasteiger partial charge < -0.3 is 9.64 Å². The predicted molar refractivity (Wildman–Crippen MR) is 66.5 cm³/mol. The number of carbonyl (C=O) groups is 1. The summed E-state index contributed by atoms with van der Waals surface area (Å²) in [5.74, 6) is -0.152. The van der Waals surface area contributed by atoms with Gasteiger partial charge in [-0.25, -0.2) is 0 Å². The van der Waals surface area contributed by atoms with E-state index in [1.54, 1.807) is 19.1 Å². The summed E-state index contributed by atoms with van der Waals surface area (Å²) in [4.78, 5) is 23.5. The van der Waals surface area contributed by atoms with Gasteiger partial charge in [-0.05, 0) is 18.6 Å². The van der Waals surface area contributed by atoms with Gasteiger partial charge >= 0.3 is 0 Å². The highest BCUT2D eigenvalue weighted by Crippen LogP contribution is 2.13. The number of nitrogens with zero attached hydrogens (tertiary/aromatic N) is 2. The van der Waals surface area contributed by atoms with Gasteiger partial charge in [-0.3, -0.25) is 14.9 Å².